The molecule has 0 radical (unpaired) electrons. The van der Waals surface area contributed by atoms with Crippen LogP contribution in [0.4, 0.5) is 0 Å². The molecule has 0 aromatic rings. The summed E-state index contributed by atoms with van der Waals surface area (Å²) < 4.78 is 22.9. The fourth-order valence-corrected chi connectivity index (χ4v) is 11.7. The van der Waals surface area contributed by atoms with Crippen LogP contribution in [0, 0.1) is 0 Å². The van der Waals surface area contributed by atoms with Crippen molar-refractivity contribution in [3.05, 3.63) is 122 Å². The smallest absolute Gasteiger partial charge is 0.220 e. The minimum atomic E-state index is -1.80. The Kier molecular flexibility index (Phi) is 57.8. The van der Waals surface area contributed by atoms with Gasteiger partial charge in [0.25, 0.3) is 0 Å². The summed E-state index contributed by atoms with van der Waals surface area (Å²) in [6.07, 6.45) is 75.3. The van der Waals surface area contributed by atoms with Gasteiger partial charge in [0, 0.05) is 6.42 Å². The van der Waals surface area contributed by atoms with Crippen LogP contribution in [-0.4, -0.2) is 140 Å². The lowest BCUT2D eigenvalue weighted by Crippen LogP contribution is -2.65. The van der Waals surface area contributed by atoms with Gasteiger partial charge in [0.15, 0.2) is 12.6 Å². The summed E-state index contributed by atoms with van der Waals surface area (Å²) in [6.45, 7) is 2.70. The number of hydrogen-bond donors (Lipinski definition) is 9. The molecule has 540 valence electrons. The molecule has 9 N–H and O–H groups in total. The van der Waals surface area contributed by atoms with Gasteiger partial charge in [-0.25, -0.2) is 0 Å². The molecule has 12 unspecified atom stereocenters. The first-order chi connectivity index (χ1) is 46.1. The first kappa shape index (κ1) is 86.5. The second-order valence-electron chi connectivity index (χ2n) is 26.0. The third-order valence-corrected chi connectivity index (χ3v) is 17.7. The van der Waals surface area contributed by atoms with E-state index in [2.05, 4.69) is 129 Å². The van der Waals surface area contributed by atoms with Crippen molar-refractivity contribution >= 4 is 5.91 Å². The quantitative estimate of drug-likeness (QED) is 0.0204. The number of nitrogens with one attached hydrogen (secondary N) is 1. The molecule has 0 spiro atoms. The topological polar surface area (TPSA) is 228 Å². The Hall–Kier alpha value is -3.61. The molecule has 2 fully saturated rings. The maximum atomic E-state index is 13.4. The van der Waals surface area contributed by atoms with Crippen LogP contribution in [0.2, 0.25) is 0 Å². The van der Waals surface area contributed by atoms with Crippen LogP contribution >= 0.6 is 0 Å². The van der Waals surface area contributed by atoms with E-state index in [0.29, 0.717) is 6.42 Å². The van der Waals surface area contributed by atoms with Crippen LogP contribution in [0.25, 0.3) is 0 Å². The molecule has 2 aliphatic rings. The van der Waals surface area contributed by atoms with Crippen LogP contribution in [0.3, 0.4) is 0 Å². The molecule has 14 nitrogen and oxygen atoms in total. The van der Waals surface area contributed by atoms with E-state index in [-0.39, 0.29) is 18.9 Å². The first-order valence-corrected chi connectivity index (χ1v) is 37.8. The highest BCUT2D eigenvalue weighted by Gasteiger charge is 2.51. The summed E-state index contributed by atoms with van der Waals surface area (Å²) in [5, 5.41) is 87.6. The number of carbonyl (C=O) groups excluding carboxylic acids is 1. The number of allylic oxidation sites excluding steroid dienone is 19. The van der Waals surface area contributed by atoms with Crippen LogP contribution in [0.1, 0.15) is 284 Å². The molecule has 94 heavy (non-hydrogen) atoms. The van der Waals surface area contributed by atoms with Crippen molar-refractivity contribution in [2.45, 2.75) is 357 Å². The van der Waals surface area contributed by atoms with Crippen molar-refractivity contribution in [1.29, 1.82) is 0 Å². The van der Waals surface area contributed by atoms with Crippen LogP contribution in [0.5, 0.6) is 0 Å². The summed E-state index contributed by atoms with van der Waals surface area (Å²) in [5.41, 5.74) is 0. The van der Waals surface area contributed by atoms with E-state index in [1.807, 2.05) is 6.08 Å². The Morgan fingerprint density at radius 2 is 0.734 bits per heavy atom. The second-order valence-corrected chi connectivity index (χ2v) is 26.0. The number of amides is 1. The first-order valence-electron chi connectivity index (χ1n) is 37.8. The Morgan fingerprint density at radius 1 is 0.394 bits per heavy atom. The summed E-state index contributed by atoms with van der Waals surface area (Å²) in [5.74, 6) is -0.253. The number of carbonyl (C=O) groups is 1. The predicted molar refractivity (Wildman–Crippen MR) is 387 cm³/mol. The molecule has 2 aliphatic heterocycles. The number of aliphatic hydroxyl groups excluding tert-OH is 8. The minimum absolute atomic E-state index is 0.253. The molecule has 0 aromatic heterocycles. The highest BCUT2D eigenvalue weighted by Crippen LogP contribution is 2.30. The molecule has 1 amide bonds. The minimum Gasteiger partial charge on any atom is -0.394 e. The highest BCUT2D eigenvalue weighted by molar-refractivity contribution is 5.76. The molecular formula is C80H137NO13. The molecule has 0 aromatic carbocycles. The van der Waals surface area contributed by atoms with Crippen LogP contribution in [0.15, 0.2) is 122 Å². The van der Waals surface area contributed by atoms with E-state index in [1.54, 1.807) is 6.08 Å². The average molecular weight is 1320 g/mol. The number of aliphatic hydroxyl groups is 8. The van der Waals surface area contributed by atoms with E-state index >= 15 is 0 Å². The fraction of sp³-hybridized carbons (Fsp3) is 0.738. The largest absolute Gasteiger partial charge is 0.394 e. The van der Waals surface area contributed by atoms with Crippen LogP contribution in [-0.2, 0) is 23.7 Å². The van der Waals surface area contributed by atoms with Gasteiger partial charge < -0.3 is 65.1 Å². The average Bonchev–Trinajstić information content (AvgIpc) is 0.794. The van der Waals surface area contributed by atoms with E-state index < -0.39 is 86.8 Å². The Labute approximate surface area is 571 Å². The Balaban J connectivity index is 1.67. The number of unbranched alkanes of at least 4 members (excludes halogenated alkanes) is 30. The van der Waals surface area contributed by atoms with E-state index in [0.717, 1.165) is 122 Å². The number of hydrogen-bond acceptors (Lipinski definition) is 13. The molecular weight excluding hydrogens is 1180 g/mol. The molecule has 2 saturated heterocycles. The molecule has 0 aliphatic carbocycles. The van der Waals surface area contributed by atoms with Gasteiger partial charge in [-0.3, -0.25) is 4.79 Å². The summed E-state index contributed by atoms with van der Waals surface area (Å²) in [7, 11) is 0. The van der Waals surface area contributed by atoms with Crippen molar-refractivity contribution in [1.82, 2.24) is 5.32 Å². The third-order valence-electron chi connectivity index (χ3n) is 17.7. The van der Waals surface area contributed by atoms with Crippen molar-refractivity contribution in [3.63, 3.8) is 0 Å². The fourth-order valence-electron chi connectivity index (χ4n) is 11.7. The van der Waals surface area contributed by atoms with Gasteiger partial charge in [-0.15, -0.1) is 0 Å². The lowest BCUT2D eigenvalue weighted by Gasteiger charge is -2.46. The van der Waals surface area contributed by atoms with Gasteiger partial charge in [-0.1, -0.05) is 309 Å². The predicted octanol–water partition coefficient (Wildman–Crippen LogP) is 16.5. The van der Waals surface area contributed by atoms with Crippen molar-refractivity contribution in [3.8, 4) is 0 Å². The molecule has 12 atom stereocenters. The second kappa shape index (κ2) is 62.9. The molecule has 0 saturated carbocycles. The Morgan fingerprint density at radius 3 is 1.13 bits per heavy atom. The summed E-state index contributed by atoms with van der Waals surface area (Å²) in [6, 6.07) is -0.931. The van der Waals surface area contributed by atoms with Crippen LogP contribution < -0.4 is 5.32 Å². The van der Waals surface area contributed by atoms with Gasteiger partial charge in [0.05, 0.1) is 32.0 Å². The lowest BCUT2D eigenvalue weighted by atomic mass is 9.97. The van der Waals surface area contributed by atoms with Gasteiger partial charge in [0.2, 0.25) is 5.91 Å². The molecule has 14 heteroatoms. The number of rotatable bonds is 61. The van der Waals surface area contributed by atoms with Gasteiger partial charge >= 0.3 is 0 Å². The van der Waals surface area contributed by atoms with E-state index in [9.17, 15) is 45.6 Å². The maximum absolute atomic E-state index is 13.4. The van der Waals surface area contributed by atoms with Crippen molar-refractivity contribution in [2.75, 3.05) is 19.8 Å². The highest BCUT2D eigenvalue weighted by atomic mass is 16.7. The maximum Gasteiger partial charge on any atom is 0.220 e. The molecule has 2 rings (SSSR count). The SMILES string of the molecule is CC/C=C\C/C=C\C/C=C\C/C=C\C/C=C\C/C=C\C/C=C\C/C=C\C/C=C\CCCCCCCCCC(=O)NC(COC1OC(CO)C(OC2OC(CO)C(O)C(O)C2O)C(O)C1O)C(O)/C=C/CCCCCCCCCCCCCCCCCCCCCCCCC. The van der Waals surface area contributed by atoms with E-state index in [1.165, 1.54) is 135 Å². The van der Waals surface area contributed by atoms with Crippen molar-refractivity contribution < 1.29 is 64.6 Å². The summed E-state index contributed by atoms with van der Waals surface area (Å²) >= 11 is 0. The van der Waals surface area contributed by atoms with Gasteiger partial charge in [-0.05, 0) is 89.9 Å². The zero-order valence-corrected chi connectivity index (χ0v) is 58.9. The van der Waals surface area contributed by atoms with E-state index in [4.69, 9.17) is 18.9 Å². The molecule has 2 heterocycles. The normalized spacial score (nSPS) is 23.2. The summed E-state index contributed by atoms with van der Waals surface area (Å²) in [4.78, 5) is 13.4. The van der Waals surface area contributed by atoms with Crippen molar-refractivity contribution in [2.24, 2.45) is 0 Å². The standard InChI is InChI=1S/C80H137NO13/c1-3-5-7-9-11-13-15-17-19-21-23-25-27-29-30-31-32-33-34-35-36-37-38-40-42-44-46-48-50-52-54-56-58-60-62-64-72(85)81-68(67-91-79-77(90)75(88)78(71(66-83)93-79)94-80-76(89)74(87)73(86)70(65-82)92-80)69(84)63-61-59-57-55-53-51-49-47-45-43-41-39-28-26-24-22-20-18-16-14-12-10-8-6-4-2/h5,7,11,13,17,19,23,25,29-30,32-33,35-36,38,40,44,46,61,63,68-71,73-80,82-84,86-90H,3-4,6,8-10,12,14-16,18,20-22,24,26-28,31,34,37,39,41-43,45,47-60,62,64-67H2,1-2H3,(H,81,85)/b7-5-,13-11-,19-17-,25-23-,30-29-,33-32-,36-35-,40-38-,46-44-,63-61+. The van der Waals surface area contributed by atoms with Gasteiger partial charge in [0.1, 0.15) is 48.8 Å². The third kappa shape index (κ3) is 45.8. The Bertz CT molecular complexity index is 2040. The van der Waals surface area contributed by atoms with Gasteiger partial charge in [-0.2, -0.15) is 0 Å². The zero-order valence-electron chi connectivity index (χ0n) is 58.9. The molecule has 0 bridgehead atoms. The monoisotopic (exact) mass is 1320 g/mol. The lowest BCUT2D eigenvalue weighted by molar-refractivity contribution is -0.359. The number of ether oxygens (including phenoxy) is 4. The zero-order chi connectivity index (χ0) is 68.0.